The van der Waals surface area contributed by atoms with Gasteiger partial charge in [-0.2, -0.15) is 0 Å². The van der Waals surface area contributed by atoms with Crippen molar-refractivity contribution >= 4 is 47.2 Å². The number of esters is 6. The Balaban J connectivity index is 1.15. The number of unbranched alkanes of at least 4 members (excludes halogenated alkanes) is 15. The van der Waals surface area contributed by atoms with Crippen LogP contribution in [0.3, 0.4) is 0 Å². The van der Waals surface area contributed by atoms with E-state index >= 15 is 0 Å². The molecule has 0 fully saturated rings. The van der Waals surface area contributed by atoms with Gasteiger partial charge in [0.1, 0.15) is 47.7 Å². The van der Waals surface area contributed by atoms with Crippen molar-refractivity contribution in [3.8, 4) is 40.2 Å². The lowest BCUT2D eigenvalue weighted by molar-refractivity contribution is -0.386. The van der Waals surface area contributed by atoms with Crippen LogP contribution in [0.2, 0.25) is 0 Å². The molecule has 0 unspecified atom stereocenters. The molecule has 5 rings (SSSR count). The normalized spacial score (nSPS) is 11.1. The Bertz CT molecular complexity index is 3030. The van der Waals surface area contributed by atoms with Crippen LogP contribution in [0.1, 0.15) is 177 Å². The molecule has 0 radical (unpaired) electrons. The summed E-state index contributed by atoms with van der Waals surface area (Å²) >= 11 is 0. The number of nitrogens with zero attached hydrogens (tertiary/aromatic N) is 1. The number of hydrogen-bond acceptors (Lipinski definition) is 19. The lowest BCUT2D eigenvalue weighted by Crippen LogP contribution is -2.19. The second-order valence-electron chi connectivity index (χ2n) is 20.7. The summed E-state index contributed by atoms with van der Waals surface area (Å²) in [7, 11) is 0. The number of benzene rings is 5. The highest BCUT2D eigenvalue weighted by molar-refractivity contribution is 6.06. The highest BCUT2D eigenvalue weighted by atomic mass is 16.6. The van der Waals surface area contributed by atoms with Crippen LogP contribution in [0.25, 0.3) is 0 Å². The molecule has 20 nitrogen and oxygen atoms in total. The van der Waals surface area contributed by atoms with Gasteiger partial charge in [0, 0.05) is 24.3 Å². The second-order valence-corrected chi connectivity index (χ2v) is 20.7. The van der Waals surface area contributed by atoms with E-state index in [4.69, 9.17) is 53.1 Å². The summed E-state index contributed by atoms with van der Waals surface area (Å²) in [6.07, 6.45) is 20.4. The highest BCUT2D eigenvalue weighted by Crippen LogP contribution is 2.34. The average Bonchev–Trinajstić information content (AvgIpc) is 1.66. The number of carbonyl (C=O) groups excluding carboxylic acids is 6. The minimum absolute atomic E-state index is 0.0452. The number of hydrogen-bond donors (Lipinski definition) is 1. The first-order valence-corrected chi connectivity index (χ1v) is 30.2. The van der Waals surface area contributed by atoms with Crippen LogP contribution < -0.4 is 38.9 Å². The Labute approximate surface area is 514 Å². The molecule has 88 heavy (non-hydrogen) atoms. The Morgan fingerprint density at radius 1 is 0.466 bits per heavy atom. The van der Waals surface area contributed by atoms with Gasteiger partial charge in [0.15, 0.2) is 5.75 Å². The molecule has 0 aromatic heterocycles. The molecular formula is C68H82N2O18. The zero-order chi connectivity index (χ0) is 63.3. The van der Waals surface area contributed by atoms with Crippen molar-refractivity contribution in [2.75, 3.05) is 45.4 Å². The third-order valence-electron chi connectivity index (χ3n) is 13.7. The maximum atomic E-state index is 13.8. The number of nitro benzene ring substituents is 1. The summed E-state index contributed by atoms with van der Waals surface area (Å²) in [4.78, 5) is 88.0. The maximum absolute atomic E-state index is 13.8. The molecule has 0 saturated carbocycles. The molecule has 0 bridgehead atoms. The van der Waals surface area contributed by atoms with E-state index in [2.05, 4.69) is 20.1 Å². The summed E-state index contributed by atoms with van der Waals surface area (Å²) < 4.78 is 55.8. The van der Waals surface area contributed by atoms with E-state index < -0.39 is 46.4 Å². The Hall–Kier alpha value is -9.20. The summed E-state index contributed by atoms with van der Waals surface area (Å²) in [6.45, 7) is 12.0. The largest absolute Gasteiger partial charge is 0.494 e. The molecule has 1 atom stereocenters. The summed E-state index contributed by atoms with van der Waals surface area (Å²) in [6, 6.07) is 24.9. The molecule has 0 amide bonds. The fourth-order valence-corrected chi connectivity index (χ4v) is 8.84. The van der Waals surface area contributed by atoms with Crippen molar-refractivity contribution in [3.05, 3.63) is 161 Å². The topological polar surface area (TPSA) is 264 Å². The van der Waals surface area contributed by atoms with Crippen molar-refractivity contribution in [3.63, 3.8) is 0 Å². The van der Waals surface area contributed by atoms with E-state index in [9.17, 15) is 38.9 Å². The second kappa shape index (κ2) is 39.5. The number of anilines is 1. The third kappa shape index (κ3) is 25.8. The van der Waals surface area contributed by atoms with Crippen LogP contribution in [-0.2, 0) is 23.8 Å². The fourth-order valence-electron chi connectivity index (χ4n) is 8.84. The first-order chi connectivity index (χ1) is 42.7. The number of nitrogens with two attached hydrogens (primary N) is 1. The van der Waals surface area contributed by atoms with Gasteiger partial charge < -0.3 is 53.1 Å². The molecule has 472 valence electrons. The predicted molar refractivity (Wildman–Crippen MR) is 331 cm³/mol. The SMILES string of the molecule is C=CC(=O)OCCCCCCCCCOc1ccc(OC(=O)c2ccc(C(=O)Oc3ccc(OCCCCCCCCCOC(=O)C=C)cc3)c(C(=O)OCCOc3ccc(OC(=O)c4cc([N+](=O)[O-])c(O[C@@H](C)CCCCCC)cc4N)cc3)c2)cc1. The van der Waals surface area contributed by atoms with E-state index in [1.807, 2.05) is 6.92 Å². The maximum Gasteiger partial charge on any atom is 0.345 e. The summed E-state index contributed by atoms with van der Waals surface area (Å²) in [5.74, 6) is -2.56. The molecule has 0 aliphatic carbocycles. The van der Waals surface area contributed by atoms with Gasteiger partial charge >= 0.3 is 41.5 Å². The fraction of sp³-hybridized carbons (Fsp3) is 0.412. The molecule has 0 heterocycles. The molecule has 0 spiro atoms. The van der Waals surface area contributed by atoms with Gasteiger partial charge in [0.05, 0.1) is 65.4 Å². The quantitative estimate of drug-likeness (QED) is 0.00555. The lowest BCUT2D eigenvalue weighted by Gasteiger charge is -2.16. The molecule has 0 aliphatic heterocycles. The third-order valence-corrected chi connectivity index (χ3v) is 13.7. The van der Waals surface area contributed by atoms with E-state index in [0.717, 1.165) is 134 Å². The van der Waals surface area contributed by atoms with Crippen LogP contribution in [0.5, 0.6) is 40.2 Å². The first-order valence-electron chi connectivity index (χ1n) is 30.2. The van der Waals surface area contributed by atoms with Crippen molar-refractivity contribution in [2.24, 2.45) is 0 Å². The van der Waals surface area contributed by atoms with Gasteiger partial charge in [-0.15, -0.1) is 0 Å². The van der Waals surface area contributed by atoms with Gasteiger partial charge in [-0.05, 0) is 136 Å². The minimum Gasteiger partial charge on any atom is -0.494 e. The Morgan fingerprint density at radius 3 is 1.35 bits per heavy atom. The monoisotopic (exact) mass is 1210 g/mol. The van der Waals surface area contributed by atoms with Crippen molar-refractivity contribution < 1.29 is 81.1 Å². The molecule has 0 aliphatic rings. The minimum atomic E-state index is -0.968. The smallest absolute Gasteiger partial charge is 0.345 e. The van der Waals surface area contributed by atoms with Crippen LogP contribution in [0.15, 0.2) is 128 Å². The van der Waals surface area contributed by atoms with Gasteiger partial charge in [-0.3, -0.25) is 10.1 Å². The van der Waals surface area contributed by atoms with Gasteiger partial charge in [0.25, 0.3) is 0 Å². The van der Waals surface area contributed by atoms with Gasteiger partial charge in [-0.1, -0.05) is 104 Å². The summed E-state index contributed by atoms with van der Waals surface area (Å²) in [5, 5.41) is 12.0. The molecule has 5 aromatic rings. The standard InChI is InChI=1S/C68H82N2O18/c1-5-8-9-20-25-49(4)85-62-48-60(69)59(47-61(62)70(77)78)68(76)88-56-37-31-53(32-38-56)81-44-45-84-66(74)58-46-50(65(73)86-54-33-27-51(28-34-54)79-40-21-16-12-10-14-18-23-42-82-63(71)6-2)26-39-57(58)67(75)87-55-35-29-52(30-36-55)80-41-22-17-13-11-15-19-24-43-83-64(72)7-3/h6-7,26-39,46-49H,2-3,5,8-25,40-45,69H2,1,4H3/t49-/m0/s1. The zero-order valence-corrected chi connectivity index (χ0v) is 50.5. The van der Waals surface area contributed by atoms with E-state index in [1.165, 1.54) is 48.5 Å². The average molecular weight is 1220 g/mol. The van der Waals surface area contributed by atoms with Crippen LogP contribution in [0.4, 0.5) is 11.4 Å². The van der Waals surface area contributed by atoms with Gasteiger partial charge in [0.2, 0.25) is 0 Å². The van der Waals surface area contributed by atoms with E-state index in [0.29, 0.717) is 50.1 Å². The summed E-state index contributed by atoms with van der Waals surface area (Å²) in [5.41, 5.74) is 4.93. The van der Waals surface area contributed by atoms with Crippen molar-refractivity contribution in [1.29, 1.82) is 0 Å². The highest BCUT2D eigenvalue weighted by Gasteiger charge is 2.26. The van der Waals surface area contributed by atoms with Crippen LogP contribution in [-0.4, -0.2) is 86.5 Å². The molecular weight excluding hydrogens is 1130 g/mol. The number of carbonyl (C=O) groups is 6. The Kier molecular flexibility index (Phi) is 31.2. The van der Waals surface area contributed by atoms with Crippen LogP contribution in [0, 0.1) is 10.1 Å². The molecule has 0 saturated heterocycles. The van der Waals surface area contributed by atoms with Crippen LogP contribution >= 0.6 is 0 Å². The number of rotatable bonds is 43. The van der Waals surface area contributed by atoms with E-state index in [-0.39, 0.29) is 70.3 Å². The molecule has 2 N–H and O–H groups in total. The first kappa shape index (κ1) is 69.6. The van der Waals surface area contributed by atoms with Crippen molar-refractivity contribution in [2.45, 2.75) is 142 Å². The Morgan fingerprint density at radius 2 is 0.886 bits per heavy atom. The number of nitrogen functional groups attached to an aromatic ring is 1. The van der Waals surface area contributed by atoms with E-state index in [1.54, 1.807) is 48.5 Å². The van der Waals surface area contributed by atoms with Gasteiger partial charge in [-0.25, -0.2) is 28.8 Å². The lowest BCUT2D eigenvalue weighted by atomic mass is 10.0. The molecule has 5 aromatic carbocycles. The predicted octanol–water partition coefficient (Wildman–Crippen LogP) is 14.5. The van der Waals surface area contributed by atoms with Crippen molar-refractivity contribution in [1.82, 2.24) is 0 Å². The zero-order valence-electron chi connectivity index (χ0n) is 50.5. The molecule has 20 heteroatoms. The number of nitro groups is 1. The number of ether oxygens (including phenoxy) is 10.